The molecule has 1 saturated heterocycles. The van der Waals surface area contributed by atoms with Crippen LogP contribution in [-0.2, 0) is 4.79 Å². The Morgan fingerprint density at radius 2 is 2.00 bits per heavy atom. The SMILES string of the molecule is Cc1ccc(NC(=O)CNc2ccccc2C(=O)N2CCCC2CO)c(Cl)c1. The van der Waals surface area contributed by atoms with Crippen molar-refractivity contribution >= 4 is 34.8 Å². The molecule has 0 radical (unpaired) electrons. The standard InChI is InChI=1S/C21H24ClN3O3/c1-14-8-9-19(17(22)11-14)24-20(27)12-23-18-7-3-2-6-16(18)21(28)25-10-4-5-15(25)13-26/h2-3,6-9,11,15,23,26H,4-5,10,12-13H2,1H3,(H,24,27). The molecule has 148 valence electrons. The van der Waals surface area contributed by atoms with Gasteiger partial charge >= 0.3 is 0 Å². The van der Waals surface area contributed by atoms with Gasteiger partial charge in [0.15, 0.2) is 0 Å². The number of carbonyl (C=O) groups excluding carboxylic acids is 2. The van der Waals surface area contributed by atoms with Gasteiger partial charge in [-0.05, 0) is 49.6 Å². The first-order valence-corrected chi connectivity index (χ1v) is 9.68. The van der Waals surface area contributed by atoms with E-state index in [1.165, 1.54) is 0 Å². The number of aliphatic hydroxyl groups is 1. The van der Waals surface area contributed by atoms with Crippen LogP contribution in [0.2, 0.25) is 5.02 Å². The molecular formula is C21H24ClN3O3. The molecule has 1 atom stereocenters. The quantitative estimate of drug-likeness (QED) is 0.693. The molecule has 2 aromatic carbocycles. The van der Waals surface area contributed by atoms with E-state index in [9.17, 15) is 14.7 Å². The molecule has 1 unspecified atom stereocenters. The smallest absolute Gasteiger partial charge is 0.256 e. The van der Waals surface area contributed by atoms with Crippen LogP contribution >= 0.6 is 11.6 Å². The average Bonchev–Trinajstić information content (AvgIpc) is 3.17. The summed E-state index contributed by atoms with van der Waals surface area (Å²) in [5, 5.41) is 15.8. The fourth-order valence-electron chi connectivity index (χ4n) is 3.36. The lowest BCUT2D eigenvalue weighted by atomic mass is 10.1. The Morgan fingerprint density at radius 3 is 2.75 bits per heavy atom. The zero-order valence-corrected chi connectivity index (χ0v) is 16.5. The number of hydrogen-bond donors (Lipinski definition) is 3. The zero-order valence-electron chi connectivity index (χ0n) is 15.7. The third-order valence-corrected chi connectivity index (χ3v) is 5.16. The highest BCUT2D eigenvalue weighted by Gasteiger charge is 2.29. The lowest BCUT2D eigenvalue weighted by molar-refractivity contribution is -0.114. The Morgan fingerprint density at radius 1 is 1.21 bits per heavy atom. The fourth-order valence-corrected chi connectivity index (χ4v) is 3.65. The van der Waals surface area contributed by atoms with Crippen LogP contribution < -0.4 is 10.6 Å². The van der Waals surface area contributed by atoms with Crippen LogP contribution in [0.1, 0.15) is 28.8 Å². The summed E-state index contributed by atoms with van der Waals surface area (Å²) in [6.45, 7) is 2.51. The molecule has 3 rings (SSSR count). The van der Waals surface area contributed by atoms with Gasteiger partial charge < -0.3 is 20.6 Å². The summed E-state index contributed by atoms with van der Waals surface area (Å²) in [4.78, 5) is 26.9. The maximum absolute atomic E-state index is 12.9. The highest BCUT2D eigenvalue weighted by atomic mass is 35.5. The van der Waals surface area contributed by atoms with Gasteiger partial charge in [-0.25, -0.2) is 0 Å². The van der Waals surface area contributed by atoms with Gasteiger partial charge in [0.1, 0.15) is 0 Å². The Labute approximate surface area is 169 Å². The number of nitrogens with zero attached hydrogens (tertiary/aromatic N) is 1. The number of likely N-dealkylation sites (tertiary alicyclic amines) is 1. The maximum Gasteiger partial charge on any atom is 0.256 e. The second-order valence-electron chi connectivity index (χ2n) is 6.91. The van der Waals surface area contributed by atoms with Gasteiger partial charge in [0.05, 0.1) is 35.5 Å². The number of benzene rings is 2. The van der Waals surface area contributed by atoms with E-state index in [1.54, 1.807) is 41.3 Å². The largest absolute Gasteiger partial charge is 0.394 e. The minimum atomic E-state index is -0.262. The summed E-state index contributed by atoms with van der Waals surface area (Å²) in [7, 11) is 0. The van der Waals surface area contributed by atoms with Crippen molar-refractivity contribution in [2.75, 3.05) is 30.3 Å². The Hall–Kier alpha value is -2.57. The third-order valence-electron chi connectivity index (χ3n) is 4.84. The number of para-hydroxylation sites is 1. The molecule has 1 heterocycles. The summed E-state index contributed by atoms with van der Waals surface area (Å²) in [5.41, 5.74) is 2.63. The molecule has 0 aliphatic carbocycles. The Bertz CT molecular complexity index is 872. The van der Waals surface area contributed by atoms with Crippen molar-refractivity contribution in [3.8, 4) is 0 Å². The van der Waals surface area contributed by atoms with Crippen molar-refractivity contribution in [2.45, 2.75) is 25.8 Å². The molecule has 6 nitrogen and oxygen atoms in total. The summed E-state index contributed by atoms with van der Waals surface area (Å²) in [6.07, 6.45) is 1.68. The highest BCUT2D eigenvalue weighted by Crippen LogP contribution is 2.24. The van der Waals surface area contributed by atoms with E-state index in [1.807, 2.05) is 13.0 Å². The van der Waals surface area contributed by atoms with Gasteiger partial charge in [0.2, 0.25) is 5.91 Å². The summed E-state index contributed by atoms with van der Waals surface area (Å²) < 4.78 is 0. The first kappa shape index (κ1) is 20.2. The van der Waals surface area contributed by atoms with E-state index in [0.29, 0.717) is 28.5 Å². The predicted octanol–water partition coefficient (Wildman–Crippen LogP) is 3.30. The molecule has 3 N–H and O–H groups in total. The molecule has 0 spiro atoms. The van der Waals surface area contributed by atoms with Gasteiger partial charge in [-0.15, -0.1) is 0 Å². The topological polar surface area (TPSA) is 81.7 Å². The normalized spacial score (nSPS) is 16.1. The van der Waals surface area contributed by atoms with Crippen molar-refractivity contribution in [2.24, 2.45) is 0 Å². The minimum Gasteiger partial charge on any atom is -0.394 e. The van der Waals surface area contributed by atoms with E-state index >= 15 is 0 Å². The number of carbonyl (C=O) groups is 2. The van der Waals surface area contributed by atoms with Crippen LogP contribution in [0.25, 0.3) is 0 Å². The number of anilines is 2. The predicted molar refractivity (Wildman–Crippen MR) is 111 cm³/mol. The summed E-state index contributed by atoms with van der Waals surface area (Å²) in [6, 6.07) is 12.4. The minimum absolute atomic E-state index is 0.00206. The molecular weight excluding hydrogens is 378 g/mol. The molecule has 1 aliphatic rings. The van der Waals surface area contributed by atoms with Crippen molar-refractivity contribution in [1.82, 2.24) is 4.90 Å². The zero-order chi connectivity index (χ0) is 20.1. The van der Waals surface area contributed by atoms with Crippen molar-refractivity contribution in [1.29, 1.82) is 0 Å². The lowest BCUT2D eigenvalue weighted by Crippen LogP contribution is -2.38. The van der Waals surface area contributed by atoms with Gasteiger partial charge in [-0.1, -0.05) is 29.8 Å². The number of halogens is 1. The number of rotatable bonds is 6. The molecule has 7 heteroatoms. The second kappa shape index (κ2) is 9.08. The molecule has 1 fully saturated rings. The van der Waals surface area contributed by atoms with Crippen LogP contribution in [0.4, 0.5) is 11.4 Å². The first-order chi connectivity index (χ1) is 13.5. The molecule has 0 bridgehead atoms. The van der Waals surface area contributed by atoms with E-state index in [2.05, 4.69) is 10.6 Å². The van der Waals surface area contributed by atoms with Gasteiger partial charge in [0.25, 0.3) is 5.91 Å². The molecule has 0 aromatic heterocycles. The number of aliphatic hydroxyl groups excluding tert-OH is 1. The van der Waals surface area contributed by atoms with Crippen LogP contribution in [0.5, 0.6) is 0 Å². The van der Waals surface area contributed by atoms with Crippen LogP contribution in [0.15, 0.2) is 42.5 Å². The van der Waals surface area contributed by atoms with Crippen molar-refractivity contribution < 1.29 is 14.7 Å². The molecule has 2 aromatic rings. The van der Waals surface area contributed by atoms with Gasteiger partial charge in [-0.3, -0.25) is 9.59 Å². The van der Waals surface area contributed by atoms with E-state index in [0.717, 1.165) is 18.4 Å². The summed E-state index contributed by atoms with van der Waals surface area (Å²) in [5.74, 6) is -0.399. The number of nitrogens with one attached hydrogen (secondary N) is 2. The van der Waals surface area contributed by atoms with Crippen molar-refractivity contribution in [3.05, 3.63) is 58.6 Å². The molecule has 1 aliphatic heterocycles. The van der Waals surface area contributed by atoms with Crippen molar-refractivity contribution in [3.63, 3.8) is 0 Å². The van der Waals surface area contributed by atoms with Gasteiger partial charge in [-0.2, -0.15) is 0 Å². The highest BCUT2D eigenvalue weighted by molar-refractivity contribution is 6.33. The Balaban J connectivity index is 1.66. The fraction of sp³-hybridized carbons (Fsp3) is 0.333. The number of amides is 2. The van der Waals surface area contributed by atoms with E-state index < -0.39 is 0 Å². The van der Waals surface area contributed by atoms with Gasteiger partial charge in [0, 0.05) is 12.2 Å². The molecule has 2 amide bonds. The summed E-state index contributed by atoms with van der Waals surface area (Å²) >= 11 is 6.15. The Kier molecular flexibility index (Phi) is 6.54. The van der Waals surface area contributed by atoms with Crippen LogP contribution in [-0.4, -0.2) is 47.6 Å². The average molecular weight is 402 g/mol. The molecule has 28 heavy (non-hydrogen) atoms. The molecule has 0 saturated carbocycles. The third kappa shape index (κ3) is 4.64. The maximum atomic E-state index is 12.9. The monoisotopic (exact) mass is 401 g/mol. The number of aryl methyl sites for hydroxylation is 1. The van der Waals surface area contributed by atoms with Crippen LogP contribution in [0.3, 0.4) is 0 Å². The lowest BCUT2D eigenvalue weighted by Gasteiger charge is -2.24. The van der Waals surface area contributed by atoms with Crippen LogP contribution in [0, 0.1) is 6.92 Å². The second-order valence-corrected chi connectivity index (χ2v) is 7.31. The van der Waals surface area contributed by atoms with E-state index in [4.69, 9.17) is 11.6 Å². The van der Waals surface area contributed by atoms with E-state index in [-0.39, 0.29) is 31.0 Å². The number of hydrogen-bond acceptors (Lipinski definition) is 4. The first-order valence-electron chi connectivity index (χ1n) is 9.30.